The second kappa shape index (κ2) is 6.69. The van der Waals surface area contributed by atoms with Crippen molar-refractivity contribution >= 4 is 12.1 Å². The summed E-state index contributed by atoms with van der Waals surface area (Å²) in [5.41, 5.74) is 0.612. The summed E-state index contributed by atoms with van der Waals surface area (Å²) >= 11 is 0. The number of hydrogen-bond donors (Lipinski definition) is 0. The summed E-state index contributed by atoms with van der Waals surface area (Å²) in [7, 11) is 3.72. The summed E-state index contributed by atoms with van der Waals surface area (Å²) in [6.07, 6.45) is 6.22. The average molecular weight is 357 g/mol. The van der Waals surface area contributed by atoms with Crippen molar-refractivity contribution < 1.29 is 19.1 Å². The SMILES string of the molecule is COc1ccc(C=O)c2c1OC1CCCC(=O)C21CCN(C)CC1CC1. The molecule has 140 valence electrons. The third-order valence-electron chi connectivity index (χ3n) is 6.28. The van der Waals surface area contributed by atoms with Gasteiger partial charge in [-0.3, -0.25) is 9.59 Å². The summed E-state index contributed by atoms with van der Waals surface area (Å²) in [6.45, 7) is 1.92. The Kier molecular flexibility index (Phi) is 4.51. The van der Waals surface area contributed by atoms with E-state index in [-0.39, 0.29) is 11.9 Å². The van der Waals surface area contributed by atoms with Crippen molar-refractivity contribution in [2.75, 3.05) is 27.2 Å². The summed E-state index contributed by atoms with van der Waals surface area (Å²) in [6, 6.07) is 3.52. The number of benzene rings is 1. The maximum atomic E-state index is 13.2. The van der Waals surface area contributed by atoms with Gasteiger partial charge in [0.25, 0.3) is 0 Å². The van der Waals surface area contributed by atoms with Gasteiger partial charge in [-0.2, -0.15) is 0 Å². The van der Waals surface area contributed by atoms with Gasteiger partial charge in [0.15, 0.2) is 17.8 Å². The molecule has 1 aliphatic heterocycles. The molecule has 0 radical (unpaired) electrons. The fourth-order valence-electron chi connectivity index (χ4n) is 4.74. The van der Waals surface area contributed by atoms with Crippen LogP contribution >= 0.6 is 0 Å². The van der Waals surface area contributed by atoms with E-state index in [0.717, 1.165) is 43.7 Å². The van der Waals surface area contributed by atoms with E-state index in [1.165, 1.54) is 12.8 Å². The number of nitrogens with zero attached hydrogens (tertiary/aromatic N) is 1. The first kappa shape index (κ1) is 17.5. The van der Waals surface area contributed by atoms with Crippen molar-refractivity contribution in [3.63, 3.8) is 0 Å². The van der Waals surface area contributed by atoms with Crippen LogP contribution in [0, 0.1) is 5.92 Å². The van der Waals surface area contributed by atoms with Gasteiger partial charge in [0.1, 0.15) is 11.9 Å². The number of ether oxygens (including phenoxy) is 2. The Morgan fingerprint density at radius 2 is 2.15 bits per heavy atom. The van der Waals surface area contributed by atoms with E-state index in [4.69, 9.17) is 9.47 Å². The maximum absolute atomic E-state index is 13.2. The Hall–Kier alpha value is -1.88. The van der Waals surface area contributed by atoms with Crippen LogP contribution < -0.4 is 9.47 Å². The lowest BCUT2D eigenvalue weighted by Gasteiger charge is -2.38. The number of fused-ring (bicyclic) bond motifs is 3. The predicted octanol–water partition coefficient (Wildman–Crippen LogP) is 2.99. The van der Waals surface area contributed by atoms with E-state index >= 15 is 0 Å². The molecule has 2 unspecified atom stereocenters. The highest BCUT2D eigenvalue weighted by atomic mass is 16.5. The number of carbonyl (C=O) groups is 2. The molecule has 5 heteroatoms. The van der Waals surface area contributed by atoms with E-state index in [1.54, 1.807) is 19.2 Å². The monoisotopic (exact) mass is 357 g/mol. The third-order valence-corrected chi connectivity index (χ3v) is 6.28. The van der Waals surface area contributed by atoms with Gasteiger partial charge < -0.3 is 14.4 Å². The van der Waals surface area contributed by atoms with Crippen LogP contribution in [0.5, 0.6) is 11.5 Å². The second-order valence-electron chi connectivity index (χ2n) is 8.03. The first-order valence-electron chi connectivity index (χ1n) is 9.65. The topological polar surface area (TPSA) is 55.8 Å². The zero-order chi connectivity index (χ0) is 18.3. The van der Waals surface area contributed by atoms with E-state index in [2.05, 4.69) is 11.9 Å². The fourth-order valence-corrected chi connectivity index (χ4v) is 4.74. The lowest BCUT2D eigenvalue weighted by molar-refractivity contribution is -0.130. The number of aldehydes is 1. The Morgan fingerprint density at radius 1 is 1.35 bits per heavy atom. The summed E-state index contributed by atoms with van der Waals surface area (Å²) < 4.78 is 11.7. The summed E-state index contributed by atoms with van der Waals surface area (Å²) in [5.74, 6) is 2.23. The zero-order valence-electron chi connectivity index (χ0n) is 15.6. The third kappa shape index (κ3) is 2.73. The highest BCUT2D eigenvalue weighted by Crippen LogP contribution is 2.55. The minimum absolute atomic E-state index is 0.192. The Morgan fingerprint density at radius 3 is 2.85 bits per heavy atom. The Labute approximate surface area is 154 Å². The minimum atomic E-state index is -0.712. The minimum Gasteiger partial charge on any atom is -0.493 e. The number of hydrogen-bond acceptors (Lipinski definition) is 5. The van der Waals surface area contributed by atoms with Gasteiger partial charge in [-0.15, -0.1) is 0 Å². The van der Waals surface area contributed by atoms with Crippen LogP contribution in [0.2, 0.25) is 0 Å². The number of rotatable bonds is 7. The van der Waals surface area contributed by atoms with E-state index in [1.807, 2.05) is 0 Å². The highest BCUT2D eigenvalue weighted by Gasteiger charge is 2.57. The van der Waals surface area contributed by atoms with Gasteiger partial charge in [0.05, 0.1) is 12.5 Å². The van der Waals surface area contributed by atoms with Crippen molar-refractivity contribution in [2.24, 2.45) is 5.92 Å². The molecular weight excluding hydrogens is 330 g/mol. The largest absolute Gasteiger partial charge is 0.493 e. The molecule has 0 aromatic heterocycles. The molecule has 1 aromatic rings. The number of ketones is 1. The lowest BCUT2D eigenvalue weighted by atomic mass is 9.64. The van der Waals surface area contributed by atoms with Crippen LogP contribution in [0.15, 0.2) is 12.1 Å². The molecule has 2 fully saturated rings. The first-order valence-corrected chi connectivity index (χ1v) is 9.65. The molecule has 0 spiro atoms. The quantitative estimate of drug-likeness (QED) is 0.702. The molecular formula is C21H27NO4. The standard InChI is InChI=1S/C21H27NO4/c1-22(12-14-6-7-14)11-10-21-17(24)4-3-5-18(21)26-20-16(25-2)9-8-15(13-23)19(20)21/h8-9,13-14,18H,3-7,10-12H2,1-2H3. The molecule has 0 saturated heterocycles. The molecule has 2 atom stereocenters. The van der Waals surface area contributed by atoms with Gasteiger partial charge in [-0.05, 0) is 63.7 Å². The molecule has 0 bridgehead atoms. The van der Waals surface area contributed by atoms with Gasteiger partial charge in [0.2, 0.25) is 0 Å². The van der Waals surface area contributed by atoms with Crippen molar-refractivity contribution in [1.82, 2.24) is 4.90 Å². The molecule has 1 aromatic carbocycles. The van der Waals surface area contributed by atoms with Crippen LogP contribution in [0.25, 0.3) is 0 Å². The molecule has 2 aliphatic carbocycles. The van der Waals surface area contributed by atoms with Crippen LogP contribution in [-0.4, -0.2) is 50.3 Å². The summed E-state index contributed by atoms with van der Waals surface area (Å²) in [5, 5.41) is 0. The fraction of sp³-hybridized carbons (Fsp3) is 0.619. The second-order valence-corrected chi connectivity index (χ2v) is 8.03. The molecule has 0 amide bonds. The molecule has 26 heavy (non-hydrogen) atoms. The molecule has 0 N–H and O–H groups in total. The van der Waals surface area contributed by atoms with Crippen LogP contribution in [0.3, 0.4) is 0 Å². The molecule has 1 heterocycles. The van der Waals surface area contributed by atoms with Crippen molar-refractivity contribution in [2.45, 2.75) is 50.0 Å². The van der Waals surface area contributed by atoms with E-state index in [9.17, 15) is 9.59 Å². The van der Waals surface area contributed by atoms with Gasteiger partial charge in [-0.1, -0.05) is 0 Å². The van der Waals surface area contributed by atoms with Crippen molar-refractivity contribution in [3.05, 3.63) is 23.3 Å². The van der Waals surface area contributed by atoms with Crippen molar-refractivity contribution in [3.8, 4) is 11.5 Å². The van der Waals surface area contributed by atoms with E-state index < -0.39 is 5.41 Å². The molecule has 2 saturated carbocycles. The van der Waals surface area contributed by atoms with Gasteiger partial charge in [0, 0.05) is 24.1 Å². The zero-order valence-corrected chi connectivity index (χ0v) is 15.6. The first-order chi connectivity index (χ1) is 12.6. The Bertz CT molecular complexity index is 727. The smallest absolute Gasteiger partial charge is 0.166 e. The number of methoxy groups -OCH3 is 1. The molecule has 5 nitrogen and oxygen atoms in total. The lowest BCUT2D eigenvalue weighted by Crippen LogP contribution is -2.50. The maximum Gasteiger partial charge on any atom is 0.166 e. The van der Waals surface area contributed by atoms with Gasteiger partial charge in [-0.25, -0.2) is 0 Å². The number of carbonyl (C=O) groups excluding carboxylic acids is 2. The van der Waals surface area contributed by atoms with Crippen LogP contribution in [0.1, 0.15) is 54.4 Å². The average Bonchev–Trinajstić information content (AvgIpc) is 3.38. The van der Waals surface area contributed by atoms with Crippen LogP contribution in [-0.2, 0) is 10.2 Å². The number of Topliss-reactive ketones (excluding diaryl/α,β-unsaturated/α-hetero) is 1. The molecule has 3 aliphatic rings. The normalized spacial score (nSPS) is 27.0. The predicted molar refractivity (Wildman–Crippen MR) is 98.2 cm³/mol. The van der Waals surface area contributed by atoms with Crippen LogP contribution in [0.4, 0.5) is 0 Å². The van der Waals surface area contributed by atoms with Crippen molar-refractivity contribution in [1.29, 1.82) is 0 Å². The Balaban J connectivity index is 1.73. The van der Waals surface area contributed by atoms with Gasteiger partial charge >= 0.3 is 0 Å². The highest BCUT2D eigenvalue weighted by molar-refractivity contribution is 5.97. The summed E-state index contributed by atoms with van der Waals surface area (Å²) in [4.78, 5) is 27.3. The van der Waals surface area contributed by atoms with E-state index in [0.29, 0.717) is 29.9 Å². The molecule has 4 rings (SSSR count).